The van der Waals surface area contributed by atoms with Gasteiger partial charge < -0.3 is 14.5 Å². The van der Waals surface area contributed by atoms with Crippen LogP contribution in [0.1, 0.15) is 20.8 Å². The van der Waals surface area contributed by atoms with E-state index in [2.05, 4.69) is 10.1 Å². The molecule has 0 N–H and O–H groups in total. The van der Waals surface area contributed by atoms with E-state index in [4.69, 9.17) is 4.74 Å². The summed E-state index contributed by atoms with van der Waals surface area (Å²) in [6.45, 7) is 8.34. The van der Waals surface area contributed by atoms with E-state index < -0.39 is 5.60 Å². The predicted octanol–water partition coefficient (Wildman–Crippen LogP) is 3.14. The van der Waals surface area contributed by atoms with Gasteiger partial charge in [0.2, 0.25) is 0 Å². The van der Waals surface area contributed by atoms with Crippen LogP contribution >= 0.6 is 0 Å². The lowest BCUT2D eigenvalue weighted by atomic mass is 10.2. The first kappa shape index (κ1) is 15.3. The summed E-state index contributed by atoms with van der Waals surface area (Å²) >= 11 is 0. The van der Waals surface area contributed by atoms with Crippen LogP contribution in [-0.4, -0.2) is 42.8 Å². The van der Waals surface area contributed by atoms with Crippen LogP contribution in [0.2, 0.25) is 0 Å². The van der Waals surface area contributed by atoms with Gasteiger partial charge in [-0.05, 0) is 50.2 Å². The number of nitrogens with zero attached hydrogens (tertiary/aromatic N) is 3. The lowest BCUT2D eigenvalue weighted by Gasteiger charge is -2.36. The molecule has 1 aromatic rings. The first-order valence-electron chi connectivity index (χ1n) is 7.05. The summed E-state index contributed by atoms with van der Waals surface area (Å²) in [5.74, 6) is 0. The molecular formula is C15H21N3O3. The van der Waals surface area contributed by atoms with Crippen LogP contribution in [0.3, 0.4) is 0 Å². The molecule has 0 unspecified atom stereocenters. The molecule has 1 amide bonds. The number of hydrogen-bond acceptors (Lipinski definition) is 5. The van der Waals surface area contributed by atoms with Crippen molar-refractivity contribution in [3.05, 3.63) is 29.2 Å². The summed E-state index contributed by atoms with van der Waals surface area (Å²) in [6, 6.07) is 7.14. The molecule has 1 heterocycles. The Balaban J connectivity index is 1.90. The number of ether oxygens (including phenoxy) is 1. The highest BCUT2D eigenvalue weighted by molar-refractivity contribution is 5.68. The zero-order valence-electron chi connectivity index (χ0n) is 12.7. The third kappa shape index (κ3) is 4.18. The van der Waals surface area contributed by atoms with Crippen molar-refractivity contribution in [2.24, 2.45) is 5.18 Å². The largest absolute Gasteiger partial charge is 0.444 e. The Kier molecular flexibility index (Phi) is 4.45. The van der Waals surface area contributed by atoms with Crippen molar-refractivity contribution < 1.29 is 9.53 Å². The molecule has 0 spiro atoms. The van der Waals surface area contributed by atoms with Gasteiger partial charge in [0.05, 0.1) is 0 Å². The van der Waals surface area contributed by atoms with Crippen molar-refractivity contribution in [1.82, 2.24) is 4.90 Å². The fourth-order valence-electron chi connectivity index (χ4n) is 2.20. The van der Waals surface area contributed by atoms with Gasteiger partial charge in [-0.1, -0.05) is 0 Å². The SMILES string of the molecule is CC(C)(C)OC(=O)N1CCN(c2ccc(N=O)cc2)CC1. The molecule has 114 valence electrons. The minimum absolute atomic E-state index is 0.261. The van der Waals surface area contributed by atoms with Crippen molar-refractivity contribution >= 4 is 17.5 Å². The molecule has 0 aromatic heterocycles. The van der Waals surface area contributed by atoms with Crippen LogP contribution in [0.15, 0.2) is 29.4 Å². The number of nitroso groups, excluding NO2 is 1. The Bertz CT molecular complexity index is 500. The number of anilines is 1. The number of piperazine rings is 1. The Labute approximate surface area is 124 Å². The molecular weight excluding hydrogens is 270 g/mol. The van der Waals surface area contributed by atoms with Gasteiger partial charge in [0.25, 0.3) is 0 Å². The molecule has 0 radical (unpaired) electrons. The predicted molar refractivity (Wildman–Crippen MR) is 81.9 cm³/mol. The number of hydrogen-bond donors (Lipinski definition) is 0. The quantitative estimate of drug-likeness (QED) is 0.785. The zero-order chi connectivity index (χ0) is 15.5. The van der Waals surface area contributed by atoms with Gasteiger partial charge in [0.15, 0.2) is 0 Å². The highest BCUT2D eigenvalue weighted by atomic mass is 16.6. The van der Waals surface area contributed by atoms with E-state index in [1.54, 1.807) is 17.0 Å². The summed E-state index contributed by atoms with van der Waals surface area (Å²) in [5, 5.41) is 2.89. The van der Waals surface area contributed by atoms with Crippen LogP contribution < -0.4 is 4.90 Å². The summed E-state index contributed by atoms with van der Waals surface area (Å²) in [5.41, 5.74) is 0.990. The van der Waals surface area contributed by atoms with Gasteiger partial charge in [0.1, 0.15) is 11.3 Å². The molecule has 21 heavy (non-hydrogen) atoms. The zero-order valence-corrected chi connectivity index (χ0v) is 12.7. The average molecular weight is 291 g/mol. The van der Waals surface area contributed by atoms with Crippen molar-refractivity contribution in [3.63, 3.8) is 0 Å². The number of rotatable bonds is 2. The van der Waals surface area contributed by atoms with Crippen LogP contribution in [-0.2, 0) is 4.74 Å². The maximum atomic E-state index is 12.0. The number of amides is 1. The molecule has 0 bridgehead atoms. The Morgan fingerprint density at radius 1 is 1.10 bits per heavy atom. The van der Waals surface area contributed by atoms with E-state index in [1.165, 1.54) is 0 Å². The Morgan fingerprint density at radius 2 is 1.67 bits per heavy atom. The first-order chi connectivity index (χ1) is 9.89. The third-order valence-corrected chi connectivity index (χ3v) is 3.25. The number of carbonyl (C=O) groups is 1. The van der Waals surface area contributed by atoms with Crippen LogP contribution in [0.25, 0.3) is 0 Å². The fraction of sp³-hybridized carbons (Fsp3) is 0.533. The lowest BCUT2D eigenvalue weighted by molar-refractivity contribution is 0.0240. The van der Waals surface area contributed by atoms with Crippen LogP contribution in [0.5, 0.6) is 0 Å². The number of carbonyl (C=O) groups excluding carboxylic acids is 1. The molecule has 0 aliphatic carbocycles. The van der Waals surface area contributed by atoms with E-state index in [9.17, 15) is 9.70 Å². The molecule has 1 saturated heterocycles. The van der Waals surface area contributed by atoms with Crippen molar-refractivity contribution in [2.45, 2.75) is 26.4 Å². The fourth-order valence-corrected chi connectivity index (χ4v) is 2.20. The second-order valence-corrected chi connectivity index (χ2v) is 6.06. The highest BCUT2D eigenvalue weighted by Gasteiger charge is 2.25. The summed E-state index contributed by atoms with van der Waals surface area (Å²) in [6.07, 6.45) is -0.261. The molecule has 1 aromatic carbocycles. The van der Waals surface area contributed by atoms with Crippen molar-refractivity contribution in [3.8, 4) is 0 Å². The van der Waals surface area contributed by atoms with Crippen molar-refractivity contribution in [1.29, 1.82) is 0 Å². The van der Waals surface area contributed by atoms with Gasteiger partial charge in [-0.2, -0.15) is 0 Å². The summed E-state index contributed by atoms with van der Waals surface area (Å²) in [7, 11) is 0. The van der Waals surface area contributed by atoms with Gasteiger partial charge in [-0.15, -0.1) is 4.91 Å². The second kappa shape index (κ2) is 6.11. The maximum absolute atomic E-state index is 12.0. The van der Waals surface area contributed by atoms with Gasteiger partial charge in [0, 0.05) is 31.9 Å². The van der Waals surface area contributed by atoms with E-state index in [0.717, 1.165) is 18.8 Å². The van der Waals surface area contributed by atoms with E-state index in [-0.39, 0.29) is 6.09 Å². The summed E-state index contributed by atoms with van der Waals surface area (Å²) < 4.78 is 5.37. The first-order valence-corrected chi connectivity index (χ1v) is 7.05. The van der Waals surface area contributed by atoms with E-state index in [1.807, 2.05) is 32.9 Å². The molecule has 6 heteroatoms. The molecule has 1 aliphatic heterocycles. The average Bonchev–Trinajstić information content (AvgIpc) is 2.46. The van der Waals surface area contributed by atoms with Crippen LogP contribution in [0, 0.1) is 4.91 Å². The lowest BCUT2D eigenvalue weighted by Crippen LogP contribution is -2.50. The molecule has 1 fully saturated rings. The third-order valence-electron chi connectivity index (χ3n) is 3.25. The minimum atomic E-state index is -0.466. The minimum Gasteiger partial charge on any atom is -0.444 e. The highest BCUT2D eigenvalue weighted by Crippen LogP contribution is 2.21. The van der Waals surface area contributed by atoms with Gasteiger partial charge in [-0.25, -0.2) is 4.79 Å². The number of benzene rings is 1. The normalized spacial score (nSPS) is 15.8. The van der Waals surface area contributed by atoms with Gasteiger partial charge >= 0.3 is 6.09 Å². The molecule has 0 saturated carbocycles. The molecule has 6 nitrogen and oxygen atoms in total. The van der Waals surface area contributed by atoms with Crippen LogP contribution in [0.4, 0.5) is 16.2 Å². The topological polar surface area (TPSA) is 62.2 Å². The van der Waals surface area contributed by atoms with E-state index >= 15 is 0 Å². The maximum Gasteiger partial charge on any atom is 0.410 e. The Hall–Kier alpha value is -2.11. The molecule has 0 atom stereocenters. The Morgan fingerprint density at radius 3 is 2.14 bits per heavy atom. The van der Waals surface area contributed by atoms with Crippen molar-refractivity contribution in [2.75, 3.05) is 31.1 Å². The second-order valence-electron chi connectivity index (χ2n) is 6.06. The smallest absolute Gasteiger partial charge is 0.410 e. The van der Waals surface area contributed by atoms with Gasteiger partial charge in [-0.3, -0.25) is 0 Å². The van der Waals surface area contributed by atoms with E-state index in [0.29, 0.717) is 18.8 Å². The monoisotopic (exact) mass is 291 g/mol. The standard InChI is InChI=1S/C15H21N3O3/c1-15(2,3)21-14(19)18-10-8-17(9-11-18)13-6-4-12(16-20)5-7-13/h4-7H,8-11H2,1-3H3. The molecule has 2 rings (SSSR count). The molecule has 1 aliphatic rings. The summed E-state index contributed by atoms with van der Waals surface area (Å²) in [4.78, 5) is 26.3.